The normalized spacial score (nSPS) is 9.00. The Balaban J connectivity index is 3.30. The van der Waals surface area contributed by atoms with Crippen LogP contribution in [0.3, 0.4) is 0 Å². The fourth-order valence-corrected chi connectivity index (χ4v) is 1.00. The van der Waals surface area contributed by atoms with Crippen molar-refractivity contribution in [1.29, 1.82) is 5.26 Å². The van der Waals surface area contributed by atoms with E-state index in [1.165, 1.54) is 14.2 Å². The molecule has 1 aromatic carbocycles. The molecule has 0 fully saturated rings. The molecule has 0 atom stereocenters. The van der Waals surface area contributed by atoms with Crippen LogP contribution in [-0.2, 0) is 0 Å². The Labute approximate surface area is 76.5 Å². The molecule has 0 radical (unpaired) electrons. The van der Waals surface area contributed by atoms with Gasteiger partial charge in [-0.25, -0.2) is 0 Å². The van der Waals surface area contributed by atoms with Gasteiger partial charge in [0.1, 0.15) is 17.2 Å². The largest absolute Gasteiger partial charge is 0.494 e. The second kappa shape index (κ2) is 3.68. The highest BCUT2D eigenvalue weighted by atomic mass is 16.5. The lowest BCUT2D eigenvalue weighted by molar-refractivity contribution is 0.398. The molecule has 0 saturated heterocycles. The van der Waals surface area contributed by atoms with Crippen LogP contribution in [0.1, 0.15) is 5.56 Å². The maximum absolute atomic E-state index is 8.67. The third kappa shape index (κ3) is 1.64. The lowest BCUT2D eigenvalue weighted by atomic mass is 10.2. The van der Waals surface area contributed by atoms with Gasteiger partial charge in [-0.3, -0.25) is 0 Å². The van der Waals surface area contributed by atoms with E-state index in [2.05, 4.69) is 0 Å². The van der Waals surface area contributed by atoms with Gasteiger partial charge in [0.15, 0.2) is 0 Å². The first-order valence-electron chi connectivity index (χ1n) is 3.64. The SMILES string of the molecule is COc1cc(C#N)cc(OC)c1N. The monoisotopic (exact) mass is 178 g/mol. The van der Waals surface area contributed by atoms with E-state index in [0.29, 0.717) is 22.7 Å². The Kier molecular flexibility index (Phi) is 2.60. The summed E-state index contributed by atoms with van der Waals surface area (Å²) in [5.41, 5.74) is 6.54. The number of nitrogens with two attached hydrogens (primary N) is 1. The van der Waals surface area contributed by atoms with Gasteiger partial charge in [-0.2, -0.15) is 5.26 Å². The van der Waals surface area contributed by atoms with Crippen molar-refractivity contribution in [3.63, 3.8) is 0 Å². The highest BCUT2D eigenvalue weighted by molar-refractivity contribution is 5.65. The van der Waals surface area contributed by atoms with E-state index in [9.17, 15) is 0 Å². The first kappa shape index (κ1) is 9.20. The molecule has 0 amide bonds. The predicted octanol–water partition coefficient (Wildman–Crippen LogP) is 1.16. The number of benzene rings is 1. The van der Waals surface area contributed by atoms with E-state index < -0.39 is 0 Å². The molecule has 0 heterocycles. The molecule has 4 heteroatoms. The number of ether oxygens (including phenoxy) is 2. The minimum atomic E-state index is 0.406. The van der Waals surface area contributed by atoms with Gasteiger partial charge in [0, 0.05) is 12.1 Å². The van der Waals surface area contributed by atoms with Crippen LogP contribution in [0.25, 0.3) is 0 Å². The van der Waals surface area contributed by atoms with Gasteiger partial charge >= 0.3 is 0 Å². The van der Waals surface area contributed by atoms with Crippen molar-refractivity contribution in [3.05, 3.63) is 17.7 Å². The van der Waals surface area contributed by atoms with Crippen LogP contribution in [0.4, 0.5) is 5.69 Å². The summed E-state index contributed by atoms with van der Waals surface area (Å²) in [5, 5.41) is 8.67. The van der Waals surface area contributed by atoms with Gasteiger partial charge in [-0.05, 0) is 0 Å². The van der Waals surface area contributed by atoms with Gasteiger partial charge < -0.3 is 15.2 Å². The van der Waals surface area contributed by atoms with Crippen LogP contribution in [0.15, 0.2) is 12.1 Å². The summed E-state index contributed by atoms with van der Waals surface area (Å²) in [6, 6.07) is 5.12. The third-order valence-electron chi connectivity index (χ3n) is 1.67. The number of hydrogen-bond donors (Lipinski definition) is 1. The molecule has 0 aliphatic carbocycles. The van der Waals surface area contributed by atoms with Crippen molar-refractivity contribution >= 4 is 5.69 Å². The molecule has 0 unspecified atom stereocenters. The van der Waals surface area contributed by atoms with Crippen molar-refractivity contribution in [2.24, 2.45) is 0 Å². The van der Waals surface area contributed by atoms with Crippen molar-refractivity contribution in [3.8, 4) is 17.6 Å². The smallest absolute Gasteiger partial charge is 0.146 e. The summed E-state index contributed by atoms with van der Waals surface area (Å²) >= 11 is 0. The molecule has 13 heavy (non-hydrogen) atoms. The molecule has 0 aliphatic rings. The Morgan fingerprint density at radius 3 is 2.00 bits per heavy atom. The third-order valence-corrected chi connectivity index (χ3v) is 1.67. The summed E-state index contributed by atoms with van der Waals surface area (Å²) in [5.74, 6) is 0.909. The maximum Gasteiger partial charge on any atom is 0.146 e. The molecule has 1 rings (SSSR count). The molecule has 1 aromatic rings. The van der Waals surface area contributed by atoms with E-state index in [1.54, 1.807) is 12.1 Å². The summed E-state index contributed by atoms with van der Waals surface area (Å²) in [6.45, 7) is 0. The Bertz CT molecular complexity index is 330. The Morgan fingerprint density at radius 2 is 1.69 bits per heavy atom. The molecule has 0 saturated carbocycles. The zero-order valence-electron chi connectivity index (χ0n) is 7.50. The lowest BCUT2D eigenvalue weighted by Crippen LogP contribution is -1.97. The van der Waals surface area contributed by atoms with Crippen LogP contribution < -0.4 is 15.2 Å². The zero-order chi connectivity index (χ0) is 9.84. The summed E-state index contributed by atoms with van der Waals surface area (Å²) in [6.07, 6.45) is 0. The fourth-order valence-electron chi connectivity index (χ4n) is 1.00. The summed E-state index contributed by atoms with van der Waals surface area (Å²) in [4.78, 5) is 0. The van der Waals surface area contributed by atoms with E-state index >= 15 is 0 Å². The molecule has 68 valence electrons. The van der Waals surface area contributed by atoms with E-state index in [-0.39, 0.29) is 0 Å². The standard InChI is InChI=1S/C9H10N2O2/c1-12-7-3-6(5-10)4-8(13-2)9(7)11/h3-4H,11H2,1-2H3. The summed E-state index contributed by atoms with van der Waals surface area (Å²) < 4.78 is 9.95. The molecule has 0 spiro atoms. The number of anilines is 1. The van der Waals surface area contributed by atoms with Crippen LogP contribution in [0, 0.1) is 11.3 Å². The Morgan fingerprint density at radius 1 is 1.23 bits per heavy atom. The van der Waals surface area contributed by atoms with Crippen molar-refractivity contribution in [1.82, 2.24) is 0 Å². The van der Waals surface area contributed by atoms with Crippen molar-refractivity contribution in [2.75, 3.05) is 20.0 Å². The average Bonchev–Trinajstić information content (AvgIpc) is 2.18. The van der Waals surface area contributed by atoms with Crippen LogP contribution in [-0.4, -0.2) is 14.2 Å². The fraction of sp³-hybridized carbons (Fsp3) is 0.222. The number of hydrogen-bond acceptors (Lipinski definition) is 4. The molecule has 4 nitrogen and oxygen atoms in total. The van der Waals surface area contributed by atoms with Crippen LogP contribution in [0.2, 0.25) is 0 Å². The number of nitrogen functional groups attached to an aromatic ring is 1. The zero-order valence-corrected chi connectivity index (χ0v) is 7.50. The molecular formula is C9H10N2O2. The minimum Gasteiger partial charge on any atom is -0.494 e. The van der Waals surface area contributed by atoms with Gasteiger partial charge in [0.2, 0.25) is 0 Å². The number of methoxy groups -OCH3 is 2. The number of nitrogens with zero attached hydrogens (tertiary/aromatic N) is 1. The lowest BCUT2D eigenvalue weighted by Gasteiger charge is -2.09. The quantitative estimate of drug-likeness (QED) is 0.690. The molecule has 0 aromatic heterocycles. The van der Waals surface area contributed by atoms with E-state index in [1.807, 2.05) is 6.07 Å². The maximum atomic E-state index is 8.67. The van der Waals surface area contributed by atoms with E-state index in [4.69, 9.17) is 20.5 Å². The van der Waals surface area contributed by atoms with Gasteiger partial charge in [-0.15, -0.1) is 0 Å². The second-order valence-corrected chi connectivity index (χ2v) is 2.41. The predicted molar refractivity (Wildman–Crippen MR) is 48.7 cm³/mol. The molecule has 0 bridgehead atoms. The Hall–Kier alpha value is -1.89. The van der Waals surface area contributed by atoms with Crippen LogP contribution >= 0.6 is 0 Å². The van der Waals surface area contributed by atoms with Crippen LogP contribution in [0.5, 0.6) is 11.5 Å². The summed E-state index contributed by atoms with van der Waals surface area (Å²) in [7, 11) is 2.98. The molecule has 0 aliphatic heterocycles. The second-order valence-electron chi connectivity index (χ2n) is 2.41. The first-order valence-corrected chi connectivity index (χ1v) is 3.64. The first-order chi connectivity index (χ1) is 6.22. The van der Waals surface area contributed by atoms with Gasteiger partial charge in [-0.1, -0.05) is 0 Å². The highest BCUT2D eigenvalue weighted by Gasteiger charge is 2.08. The highest BCUT2D eigenvalue weighted by Crippen LogP contribution is 2.32. The van der Waals surface area contributed by atoms with E-state index in [0.717, 1.165) is 0 Å². The molecule has 2 N–H and O–H groups in total. The van der Waals surface area contributed by atoms with Gasteiger partial charge in [0.05, 0.1) is 25.9 Å². The molecular weight excluding hydrogens is 168 g/mol. The topological polar surface area (TPSA) is 68.3 Å². The van der Waals surface area contributed by atoms with Crippen molar-refractivity contribution < 1.29 is 9.47 Å². The number of rotatable bonds is 2. The number of nitriles is 1. The average molecular weight is 178 g/mol. The van der Waals surface area contributed by atoms with Crippen molar-refractivity contribution in [2.45, 2.75) is 0 Å². The van der Waals surface area contributed by atoms with Gasteiger partial charge in [0.25, 0.3) is 0 Å². The minimum absolute atomic E-state index is 0.406.